The molecule has 0 radical (unpaired) electrons. The monoisotopic (exact) mass is 1270 g/mol. The Morgan fingerprint density at radius 1 is 0.314 bits per heavy atom. The van der Waals surface area contributed by atoms with Crippen molar-refractivity contribution in [3.63, 3.8) is 0 Å². The summed E-state index contributed by atoms with van der Waals surface area (Å²) in [6, 6.07) is 0. The molecule has 0 aliphatic carbocycles. The molecule has 0 fully saturated rings. The Morgan fingerprint density at radius 3 is 0.791 bits per heavy atom. The number of hydrogen-bond acceptors (Lipinski definition) is 15. The molecule has 0 saturated heterocycles. The lowest BCUT2D eigenvalue weighted by molar-refractivity contribution is -0.161. The maximum absolute atomic E-state index is 13.0. The standard InChI is InChI=1S/C67H130O17P2/c1-6-9-12-15-18-21-22-23-24-25-26-29-33-38-43-48-53-67(72)84-63(57-78-65(70)51-46-41-37-32-30-27-28-31-34-39-44-49-60(4)5)59-82-86(75,76)80-55-61(68)54-79-85(73,74)81-58-62(83-66(71)52-47-42-36-20-17-14-11-8-3)56-77-64(69)50-45-40-35-19-16-13-10-7-2/h60-63,68H,6-59H2,1-5H3,(H,73,74)(H,75,76)/t61-,62+,63+/m0/s1. The molecule has 0 aromatic rings. The fourth-order valence-corrected chi connectivity index (χ4v) is 11.7. The van der Waals surface area contributed by atoms with E-state index < -0.39 is 97.5 Å². The molecule has 0 aliphatic heterocycles. The molecular formula is C67H130O17P2. The number of carbonyl (C=O) groups excluding carboxylic acids is 4. The predicted molar refractivity (Wildman–Crippen MR) is 345 cm³/mol. The smallest absolute Gasteiger partial charge is 0.462 e. The van der Waals surface area contributed by atoms with E-state index in [-0.39, 0.29) is 25.7 Å². The number of ether oxygens (including phenoxy) is 4. The highest BCUT2D eigenvalue weighted by molar-refractivity contribution is 7.47. The van der Waals surface area contributed by atoms with Crippen molar-refractivity contribution >= 4 is 39.5 Å². The number of unbranched alkanes of at least 4 members (excludes halogenated alkanes) is 39. The maximum Gasteiger partial charge on any atom is 0.472 e. The average molecular weight is 1270 g/mol. The molecule has 0 rings (SSSR count). The molecular weight excluding hydrogens is 1140 g/mol. The van der Waals surface area contributed by atoms with E-state index in [0.29, 0.717) is 25.7 Å². The van der Waals surface area contributed by atoms with Gasteiger partial charge in [0.15, 0.2) is 12.2 Å². The van der Waals surface area contributed by atoms with Gasteiger partial charge in [-0.2, -0.15) is 0 Å². The summed E-state index contributed by atoms with van der Waals surface area (Å²) in [6.45, 7) is 7.18. The molecule has 0 aromatic carbocycles. The molecule has 19 heteroatoms. The predicted octanol–water partition coefficient (Wildman–Crippen LogP) is 19.0. The fraction of sp³-hybridized carbons (Fsp3) is 0.940. The third-order valence-corrected chi connectivity index (χ3v) is 17.4. The van der Waals surface area contributed by atoms with E-state index in [1.54, 1.807) is 0 Å². The molecule has 0 bridgehead atoms. The molecule has 0 aliphatic rings. The summed E-state index contributed by atoms with van der Waals surface area (Å²) in [6.07, 6.45) is 45.9. The molecule has 510 valence electrons. The zero-order valence-electron chi connectivity index (χ0n) is 55.4. The first kappa shape index (κ1) is 84.1. The second kappa shape index (κ2) is 60.6. The van der Waals surface area contributed by atoms with Crippen LogP contribution < -0.4 is 0 Å². The van der Waals surface area contributed by atoms with E-state index in [0.717, 1.165) is 109 Å². The van der Waals surface area contributed by atoms with Crippen LogP contribution in [0.1, 0.15) is 343 Å². The molecule has 5 atom stereocenters. The van der Waals surface area contributed by atoms with Gasteiger partial charge in [-0.15, -0.1) is 0 Å². The summed E-state index contributed by atoms with van der Waals surface area (Å²) >= 11 is 0. The quantitative estimate of drug-likeness (QED) is 0.0222. The summed E-state index contributed by atoms with van der Waals surface area (Å²) in [5.74, 6) is -1.36. The Bertz CT molecular complexity index is 1670. The molecule has 2 unspecified atom stereocenters. The summed E-state index contributed by atoms with van der Waals surface area (Å²) in [5, 5.41) is 10.5. The third kappa shape index (κ3) is 60.9. The Morgan fingerprint density at radius 2 is 0.535 bits per heavy atom. The molecule has 0 amide bonds. The van der Waals surface area contributed by atoms with Crippen LogP contribution in [-0.4, -0.2) is 96.7 Å². The van der Waals surface area contributed by atoms with Gasteiger partial charge in [-0.05, 0) is 31.6 Å². The van der Waals surface area contributed by atoms with Crippen LogP contribution in [0.5, 0.6) is 0 Å². The van der Waals surface area contributed by atoms with E-state index in [1.807, 2.05) is 0 Å². The topological polar surface area (TPSA) is 237 Å². The lowest BCUT2D eigenvalue weighted by Crippen LogP contribution is -2.30. The minimum Gasteiger partial charge on any atom is -0.462 e. The van der Waals surface area contributed by atoms with Crippen LogP contribution in [0, 0.1) is 5.92 Å². The molecule has 0 heterocycles. The van der Waals surface area contributed by atoms with Crippen molar-refractivity contribution < 1.29 is 80.2 Å². The third-order valence-electron chi connectivity index (χ3n) is 15.5. The van der Waals surface area contributed by atoms with Crippen molar-refractivity contribution in [2.45, 2.75) is 361 Å². The van der Waals surface area contributed by atoms with Gasteiger partial charge in [0.25, 0.3) is 0 Å². The average Bonchev–Trinajstić information content (AvgIpc) is 3.69. The first-order valence-corrected chi connectivity index (χ1v) is 38.1. The van der Waals surface area contributed by atoms with Crippen LogP contribution in [0.25, 0.3) is 0 Å². The van der Waals surface area contributed by atoms with Crippen molar-refractivity contribution in [1.82, 2.24) is 0 Å². The summed E-state index contributed by atoms with van der Waals surface area (Å²) in [5.41, 5.74) is 0. The minimum atomic E-state index is -4.95. The van der Waals surface area contributed by atoms with Crippen LogP contribution in [0.2, 0.25) is 0 Å². The van der Waals surface area contributed by atoms with Crippen LogP contribution in [-0.2, 0) is 65.4 Å². The van der Waals surface area contributed by atoms with Crippen LogP contribution >= 0.6 is 15.6 Å². The molecule has 0 aromatic heterocycles. The van der Waals surface area contributed by atoms with Crippen molar-refractivity contribution in [2.75, 3.05) is 39.6 Å². The second-order valence-electron chi connectivity index (χ2n) is 24.7. The first-order chi connectivity index (χ1) is 41.5. The maximum atomic E-state index is 13.0. The van der Waals surface area contributed by atoms with Gasteiger partial charge in [0.05, 0.1) is 26.4 Å². The molecule has 86 heavy (non-hydrogen) atoms. The van der Waals surface area contributed by atoms with Crippen molar-refractivity contribution in [3.8, 4) is 0 Å². The highest BCUT2D eigenvalue weighted by Gasteiger charge is 2.30. The van der Waals surface area contributed by atoms with Gasteiger partial charge in [-0.1, -0.05) is 291 Å². The lowest BCUT2D eigenvalue weighted by Gasteiger charge is -2.21. The Labute approximate surface area is 524 Å². The van der Waals surface area contributed by atoms with Gasteiger partial charge in [-0.3, -0.25) is 37.3 Å². The lowest BCUT2D eigenvalue weighted by atomic mass is 10.0. The van der Waals surface area contributed by atoms with Gasteiger partial charge in [0.2, 0.25) is 0 Å². The van der Waals surface area contributed by atoms with E-state index in [1.165, 1.54) is 154 Å². The number of carbonyl (C=O) groups is 4. The Hall–Kier alpha value is -1.94. The van der Waals surface area contributed by atoms with E-state index in [9.17, 15) is 43.2 Å². The van der Waals surface area contributed by atoms with Gasteiger partial charge in [0.1, 0.15) is 19.3 Å². The molecule has 3 N–H and O–H groups in total. The van der Waals surface area contributed by atoms with Gasteiger partial charge in [0, 0.05) is 25.7 Å². The second-order valence-corrected chi connectivity index (χ2v) is 27.6. The van der Waals surface area contributed by atoms with Gasteiger partial charge >= 0.3 is 39.5 Å². The number of aliphatic hydroxyl groups excluding tert-OH is 1. The highest BCUT2D eigenvalue weighted by Crippen LogP contribution is 2.45. The van der Waals surface area contributed by atoms with Gasteiger partial charge < -0.3 is 33.8 Å². The number of phosphoric ester groups is 2. The van der Waals surface area contributed by atoms with Gasteiger partial charge in [-0.25, -0.2) is 9.13 Å². The molecule has 0 saturated carbocycles. The SMILES string of the molecule is CCCCCCCCCCCCCCCCCCC(=O)O[C@H](COC(=O)CCCCCCCCCCCCCC(C)C)COP(=O)(O)OC[C@@H](O)COP(=O)(O)OC[C@@H](COC(=O)CCCCCCCCCC)OC(=O)CCCCCCCCCC. The summed E-state index contributed by atoms with van der Waals surface area (Å²) < 4.78 is 68.0. The number of aliphatic hydroxyl groups is 1. The number of hydrogen-bond donors (Lipinski definition) is 3. The largest absolute Gasteiger partial charge is 0.472 e. The van der Waals surface area contributed by atoms with Crippen LogP contribution in [0.3, 0.4) is 0 Å². The summed E-state index contributed by atoms with van der Waals surface area (Å²) in [7, 11) is -9.88. The number of esters is 4. The number of phosphoric acid groups is 2. The molecule has 17 nitrogen and oxygen atoms in total. The summed E-state index contributed by atoms with van der Waals surface area (Å²) in [4.78, 5) is 72.2. The fourth-order valence-electron chi connectivity index (χ4n) is 10.1. The number of rotatable bonds is 67. The Kier molecular flexibility index (Phi) is 59.2. The zero-order valence-corrected chi connectivity index (χ0v) is 57.2. The first-order valence-electron chi connectivity index (χ1n) is 35.1. The van der Waals surface area contributed by atoms with Crippen molar-refractivity contribution in [3.05, 3.63) is 0 Å². The Balaban J connectivity index is 5.19. The normalized spacial score (nSPS) is 14.2. The molecule has 0 spiro atoms. The van der Waals surface area contributed by atoms with Crippen LogP contribution in [0.4, 0.5) is 0 Å². The van der Waals surface area contributed by atoms with E-state index >= 15 is 0 Å². The minimum absolute atomic E-state index is 0.105. The van der Waals surface area contributed by atoms with Crippen molar-refractivity contribution in [1.29, 1.82) is 0 Å². The van der Waals surface area contributed by atoms with E-state index in [4.69, 9.17) is 37.0 Å². The highest BCUT2D eigenvalue weighted by atomic mass is 31.2. The zero-order chi connectivity index (χ0) is 63.5. The van der Waals surface area contributed by atoms with Crippen molar-refractivity contribution in [2.24, 2.45) is 5.92 Å². The van der Waals surface area contributed by atoms with Crippen LogP contribution in [0.15, 0.2) is 0 Å². The van der Waals surface area contributed by atoms with E-state index in [2.05, 4.69) is 34.6 Å².